The quantitative estimate of drug-likeness (QED) is 0.509. The fourth-order valence-electron chi connectivity index (χ4n) is 3.24. The highest BCUT2D eigenvalue weighted by Gasteiger charge is 2.18. The minimum atomic E-state index is 0.00420. The van der Waals surface area contributed by atoms with Gasteiger partial charge in [0.1, 0.15) is 0 Å². The molecule has 1 aromatic heterocycles. The van der Waals surface area contributed by atoms with E-state index in [-0.39, 0.29) is 12.7 Å². The van der Waals surface area contributed by atoms with Gasteiger partial charge in [-0.2, -0.15) is 0 Å². The summed E-state index contributed by atoms with van der Waals surface area (Å²) in [6.07, 6.45) is 0.967. The lowest BCUT2D eigenvalue weighted by Crippen LogP contribution is -2.27. The summed E-state index contributed by atoms with van der Waals surface area (Å²) in [5.74, 6) is 3.12. The van der Waals surface area contributed by atoms with Crippen molar-refractivity contribution in [2.24, 2.45) is 5.92 Å². The first-order valence-corrected chi connectivity index (χ1v) is 11.4. The number of hydrogen-bond acceptors (Lipinski definition) is 6. The smallest absolute Gasteiger partial charge is 0.231 e. The normalized spacial score (nSPS) is 12.4. The minimum Gasteiger partial charge on any atom is -0.454 e. The number of nitrogens with one attached hydrogen (secondary N) is 1. The number of fused-ring (bicyclic) bond motifs is 1. The number of nitrogens with zero attached hydrogens (tertiary/aromatic N) is 3. The molecule has 3 aromatic rings. The average Bonchev–Trinajstić information content (AvgIpc) is 3.39. The van der Waals surface area contributed by atoms with E-state index in [1.54, 1.807) is 0 Å². The summed E-state index contributed by atoms with van der Waals surface area (Å²) in [6.45, 7) is 5.78. The number of rotatable bonds is 9. The zero-order valence-corrected chi connectivity index (χ0v) is 18.5. The molecule has 2 heterocycles. The number of amides is 1. The number of hydrogen-bond donors (Lipinski definition) is 1. The number of carbonyl (C=O) groups is 1. The summed E-state index contributed by atoms with van der Waals surface area (Å²) >= 11 is 1.40. The van der Waals surface area contributed by atoms with Crippen LogP contribution < -0.4 is 14.8 Å². The fourth-order valence-corrected chi connectivity index (χ4v) is 4.01. The Kier molecular flexibility index (Phi) is 6.76. The van der Waals surface area contributed by atoms with Crippen molar-refractivity contribution < 1.29 is 14.3 Å². The third kappa shape index (κ3) is 5.38. The predicted molar refractivity (Wildman–Crippen MR) is 120 cm³/mol. The zero-order chi connectivity index (χ0) is 21.6. The van der Waals surface area contributed by atoms with Crippen LogP contribution in [0.4, 0.5) is 0 Å². The molecule has 0 spiro atoms. The molecule has 0 fully saturated rings. The van der Waals surface area contributed by atoms with E-state index in [0.717, 1.165) is 34.9 Å². The summed E-state index contributed by atoms with van der Waals surface area (Å²) in [4.78, 5) is 12.3. The molecule has 31 heavy (non-hydrogen) atoms. The minimum absolute atomic E-state index is 0.00420. The molecule has 8 heteroatoms. The lowest BCUT2D eigenvalue weighted by atomic mass is 10.1. The average molecular weight is 439 g/mol. The van der Waals surface area contributed by atoms with E-state index in [4.69, 9.17) is 9.47 Å². The predicted octanol–water partition coefficient (Wildman–Crippen LogP) is 3.98. The maximum absolute atomic E-state index is 12.3. The van der Waals surface area contributed by atoms with Crippen molar-refractivity contribution in [1.29, 1.82) is 0 Å². The van der Waals surface area contributed by atoms with E-state index >= 15 is 0 Å². The molecular weight excluding hydrogens is 412 g/mol. The second-order valence-corrected chi connectivity index (χ2v) is 8.71. The van der Waals surface area contributed by atoms with E-state index in [2.05, 4.69) is 29.4 Å². The van der Waals surface area contributed by atoms with E-state index in [1.807, 2.05) is 53.1 Å². The summed E-state index contributed by atoms with van der Waals surface area (Å²) < 4.78 is 13.0. The summed E-state index contributed by atoms with van der Waals surface area (Å²) in [6, 6.07) is 15.8. The van der Waals surface area contributed by atoms with Gasteiger partial charge in [0.25, 0.3) is 0 Å². The molecule has 1 N–H and O–H groups in total. The van der Waals surface area contributed by atoms with Crippen molar-refractivity contribution in [3.63, 3.8) is 0 Å². The van der Waals surface area contributed by atoms with Gasteiger partial charge >= 0.3 is 0 Å². The molecule has 0 saturated carbocycles. The molecule has 1 amide bonds. The second-order valence-electron chi connectivity index (χ2n) is 7.77. The second kappa shape index (κ2) is 9.87. The van der Waals surface area contributed by atoms with Gasteiger partial charge in [0.2, 0.25) is 12.7 Å². The topological polar surface area (TPSA) is 78.3 Å². The van der Waals surface area contributed by atoms with Crippen LogP contribution in [0.3, 0.4) is 0 Å². The molecule has 0 aliphatic carbocycles. The van der Waals surface area contributed by atoms with Crippen molar-refractivity contribution >= 4 is 17.7 Å². The molecule has 2 aromatic carbocycles. The molecular formula is C23H26N4O3S. The standard InChI is InChI=1S/C23H26N4O3S/c1-16(2)10-11-24-21(28)14-31-23-26-25-22(18-6-4-3-5-7-18)27(23)13-17-8-9-19-20(12-17)30-15-29-19/h3-9,12,16H,10-11,13-15H2,1-2H3,(H,24,28). The highest BCUT2D eigenvalue weighted by atomic mass is 32.2. The lowest BCUT2D eigenvalue weighted by Gasteiger charge is -2.11. The molecule has 0 saturated heterocycles. The van der Waals surface area contributed by atoms with Crippen LogP contribution in [0.5, 0.6) is 11.5 Å². The Labute approximate surface area is 186 Å². The van der Waals surface area contributed by atoms with Crippen LogP contribution >= 0.6 is 11.8 Å². The monoisotopic (exact) mass is 438 g/mol. The van der Waals surface area contributed by atoms with E-state index in [0.29, 0.717) is 29.9 Å². The van der Waals surface area contributed by atoms with Crippen LogP contribution in [0.15, 0.2) is 53.7 Å². The van der Waals surface area contributed by atoms with Gasteiger partial charge < -0.3 is 14.8 Å². The van der Waals surface area contributed by atoms with Crippen LogP contribution in [0.2, 0.25) is 0 Å². The number of ether oxygens (including phenoxy) is 2. The van der Waals surface area contributed by atoms with Crippen LogP contribution in [-0.4, -0.2) is 39.8 Å². The third-order valence-electron chi connectivity index (χ3n) is 4.90. The molecule has 162 valence electrons. The van der Waals surface area contributed by atoms with E-state index < -0.39 is 0 Å². The number of aromatic nitrogens is 3. The third-order valence-corrected chi connectivity index (χ3v) is 5.87. The first-order valence-electron chi connectivity index (χ1n) is 10.4. The van der Waals surface area contributed by atoms with Crippen molar-refractivity contribution in [3.05, 3.63) is 54.1 Å². The molecule has 0 radical (unpaired) electrons. The molecule has 7 nitrogen and oxygen atoms in total. The van der Waals surface area contributed by atoms with Gasteiger partial charge in [0.05, 0.1) is 12.3 Å². The van der Waals surface area contributed by atoms with Gasteiger partial charge in [0, 0.05) is 12.1 Å². The molecule has 0 unspecified atom stereocenters. The SMILES string of the molecule is CC(C)CCNC(=O)CSc1nnc(-c2ccccc2)n1Cc1ccc2c(c1)OCO2. The van der Waals surface area contributed by atoms with E-state index in [1.165, 1.54) is 11.8 Å². The maximum atomic E-state index is 12.3. The Balaban J connectivity index is 1.53. The van der Waals surface area contributed by atoms with Gasteiger partial charge in [-0.15, -0.1) is 10.2 Å². The highest BCUT2D eigenvalue weighted by molar-refractivity contribution is 7.99. The Hall–Kier alpha value is -3.00. The first kappa shape index (κ1) is 21.2. The summed E-state index contributed by atoms with van der Waals surface area (Å²) in [7, 11) is 0. The lowest BCUT2D eigenvalue weighted by molar-refractivity contribution is -0.118. The van der Waals surface area contributed by atoms with Gasteiger partial charge in [-0.25, -0.2) is 0 Å². The summed E-state index contributed by atoms with van der Waals surface area (Å²) in [5, 5.41) is 12.5. The van der Waals surface area contributed by atoms with Gasteiger partial charge in [-0.05, 0) is 30.0 Å². The largest absolute Gasteiger partial charge is 0.454 e. The van der Waals surface area contributed by atoms with Crippen molar-refractivity contribution in [3.8, 4) is 22.9 Å². The Bertz CT molecular complexity index is 1040. The molecule has 0 bridgehead atoms. The number of benzene rings is 2. The van der Waals surface area contributed by atoms with Crippen molar-refractivity contribution in [2.75, 3.05) is 19.1 Å². The van der Waals surface area contributed by atoms with Crippen molar-refractivity contribution in [2.45, 2.75) is 32.0 Å². The van der Waals surface area contributed by atoms with Crippen LogP contribution in [0.1, 0.15) is 25.8 Å². The molecule has 1 aliphatic rings. The van der Waals surface area contributed by atoms with Crippen LogP contribution in [-0.2, 0) is 11.3 Å². The molecule has 4 rings (SSSR count). The van der Waals surface area contributed by atoms with Crippen molar-refractivity contribution in [1.82, 2.24) is 20.1 Å². The number of thioether (sulfide) groups is 1. The maximum Gasteiger partial charge on any atom is 0.231 e. The van der Waals surface area contributed by atoms with E-state index in [9.17, 15) is 4.79 Å². The molecule has 1 aliphatic heterocycles. The molecule has 0 atom stereocenters. The van der Waals surface area contributed by atoms with Gasteiger partial charge in [0.15, 0.2) is 22.5 Å². The zero-order valence-electron chi connectivity index (χ0n) is 17.7. The Morgan fingerprint density at radius 2 is 1.94 bits per heavy atom. The Morgan fingerprint density at radius 3 is 2.74 bits per heavy atom. The Morgan fingerprint density at radius 1 is 1.13 bits per heavy atom. The van der Waals surface area contributed by atoms with Gasteiger partial charge in [-0.3, -0.25) is 9.36 Å². The first-order chi connectivity index (χ1) is 15.1. The number of carbonyl (C=O) groups excluding carboxylic acids is 1. The summed E-state index contributed by atoms with van der Waals surface area (Å²) in [5.41, 5.74) is 2.02. The van der Waals surface area contributed by atoms with Gasteiger partial charge in [-0.1, -0.05) is 62.0 Å². The fraction of sp³-hybridized carbons (Fsp3) is 0.348. The van der Waals surface area contributed by atoms with Crippen LogP contribution in [0.25, 0.3) is 11.4 Å². The van der Waals surface area contributed by atoms with Crippen LogP contribution in [0, 0.1) is 5.92 Å². The highest BCUT2D eigenvalue weighted by Crippen LogP contribution is 2.33.